The summed E-state index contributed by atoms with van der Waals surface area (Å²) in [5.74, 6) is 1.11. The van der Waals surface area contributed by atoms with Crippen LogP contribution in [0.2, 0.25) is 0 Å². The number of hydrogen-bond acceptors (Lipinski definition) is 3. The van der Waals surface area contributed by atoms with E-state index in [-0.39, 0.29) is 0 Å². The van der Waals surface area contributed by atoms with Crippen LogP contribution in [0, 0.1) is 6.92 Å². The lowest BCUT2D eigenvalue weighted by molar-refractivity contribution is 0.213. The predicted octanol–water partition coefficient (Wildman–Crippen LogP) is 3.20. The molecule has 4 nitrogen and oxygen atoms in total. The smallest absolute Gasteiger partial charge is 0.203 e. The third-order valence-electron chi connectivity index (χ3n) is 4.78. The Morgan fingerprint density at radius 3 is 2.70 bits per heavy atom. The van der Waals surface area contributed by atoms with Gasteiger partial charge in [-0.2, -0.15) is 0 Å². The van der Waals surface area contributed by atoms with Gasteiger partial charge in [0.05, 0.1) is 5.69 Å². The van der Waals surface area contributed by atoms with Gasteiger partial charge in [-0.15, -0.1) is 0 Å². The second-order valence-corrected chi connectivity index (χ2v) is 6.65. The van der Waals surface area contributed by atoms with Crippen molar-refractivity contribution in [2.75, 3.05) is 25.5 Å². The van der Waals surface area contributed by atoms with Crippen LogP contribution in [0.1, 0.15) is 56.7 Å². The molecule has 2 aliphatic rings. The van der Waals surface area contributed by atoms with Gasteiger partial charge >= 0.3 is 0 Å². The summed E-state index contributed by atoms with van der Waals surface area (Å²) in [5, 5.41) is 3.72. The number of nitrogens with zero attached hydrogens (tertiary/aromatic N) is 3. The van der Waals surface area contributed by atoms with Crippen LogP contribution in [0.5, 0.6) is 0 Å². The molecule has 1 aromatic rings. The topological polar surface area (TPSA) is 33.1 Å². The normalized spacial score (nSPS) is 25.8. The molecule has 1 unspecified atom stereocenters. The number of aryl methyl sites for hydroxylation is 1. The number of imidazole rings is 1. The minimum Gasteiger partial charge on any atom is -0.353 e. The van der Waals surface area contributed by atoms with Crippen LogP contribution < -0.4 is 5.32 Å². The Labute approximate surface area is 122 Å². The van der Waals surface area contributed by atoms with Gasteiger partial charge in [0.1, 0.15) is 0 Å². The molecule has 1 saturated carbocycles. The molecule has 20 heavy (non-hydrogen) atoms. The SMILES string of the molecule is Cc1cn(C2CCCN(C)C2)c(NC2CCCCC2)n1. The van der Waals surface area contributed by atoms with Crippen molar-refractivity contribution < 1.29 is 0 Å². The number of hydrogen-bond donors (Lipinski definition) is 1. The zero-order valence-corrected chi connectivity index (χ0v) is 12.9. The molecule has 0 bridgehead atoms. The van der Waals surface area contributed by atoms with E-state index in [0.29, 0.717) is 12.1 Å². The summed E-state index contributed by atoms with van der Waals surface area (Å²) in [6, 6.07) is 1.21. The highest BCUT2D eigenvalue weighted by molar-refractivity contribution is 5.31. The lowest BCUT2D eigenvalue weighted by Gasteiger charge is -2.32. The van der Waals surface area contributed by atoms with Gasteiger partial charge in [-0.05, 0) is 46.2 Å². The Morgan fingerprint density at radius 2 is 1.95 bits per heavy atom. The summed E-state index contributed by atoms with van der Waals surface area (Å²) in [6.07, 6.45) is 11.5. The summed E-state index contributed by atoms with van der Waals surface area (Å²) < 4.78 is 2.40. The van der Waals surface area contributed by atoms with Crippen LogP contribution >= 0.6 is 0 Å². The fraction of sp³-hybridized carbons (Fsp3) is 0.812. The lowest BCUT2D eigenvalue weighted by atomic mass is 9.96. The zero-order chi connectivity index (χ0) is 13.9. The van der Waals surface area contributed by atoms with Gasteiger partial charge in [0.2, 0.25) is 5.95 Å². The van der Waals surface area contributed by atoms with E-state index in [4.69, 9.17) is 4.98 Å². The third kappa shape index (κ3) is 3.17. The maximum atomic E-state index is 4.74. The quantitative estimate of drug-likeness (QED) is 0.920. The Morgan fingerprint density at radius 1 is 1.15 bits per heavy atom. The molecule has 0 aromatic carbocycles. The van der Waals surface area contributed by atoms with E-state index in [0.717, 1.165) is 18.2 Å². The van der Waals surface area contributed by atoms with E-state index in [9.17, 15) is 0 Å². The van der Waals surface area contributed by atoms with Crippen LogP contribution in [-0.2, 0) is 0 Å². The van der Waals surface area contributed by atoms with Gasteiger partial charge in [0.25, 0.3) is 0 Å². The van der Waals surface area contributed by atoms with Gasteiger partial charge < -0.3 is 14.8 Å². The first-order valence-electron chi connectivity index (χ1n) is 8.23. The molecular formula is C16H28N4. The van der Waals surface area contributed by atoms with E-state index in [1.165, 1.54) is 51.5 Å². The number of rotatable bonds is 3. The number of likely N-dealkylation sites (tertiary alicyclic amines) is 1. The van der Waals surface area contributed by atoms with Crippen molar-refractivity contribution in [1.29, 1.82) is 0 Å². The highest BCUT2D eigenvalue weighted by Crippen LogP contribution is 2.27. The van der Waals surface area contributed by atoms with Crippen LogP contribution in [0.15, 0.2) is 6.20 Å². The standard InChI is InChI=1S/C16H28N4/c1-13-11-20(15-9-6-10-19(2)12-15)16(17-13)18-14-7-4-3-5-8-14/h11,14-15H,3-10,12H2,1-2H3,(H,17,18). The van der Waals surface area contributed by atoms with Gasteiger partial charge in [-0.25, -0.2) is 4.98 Å². The van der Waals surface area contributed by atoms with Crippen molar-refractivity contribution in [3.8, 4) is 0 Å². The molecule has 0 amide bonds. The van der Waals surface area contributed by atoms with E-state index < -0.39 is 0 Å². The molecule has 4 heteroatoms. The average molecular weight is 276 g/mol. The molecule has 112 valence electrons. The number of likely N-dealkylation sites (N-methyl/N-ethyl adjacent to an activating group) is 1. The minimum absolute atomic E-state index is 0.584. The van der Waals surface area contributed by atoms with E-state index in [1.54, 1.807) is 0 Å². The molecule has 3 rings (SSSR count). The molecule has 1 atom stereocenters. The number of piperidine rings is 1. The van der Waals surface area contributed by atoms with Gasteiger partial charge in [0.15, 0.2) is 0 Å². The van der Waals surface area contributed by atoms with Crippen molar-refractivity contribution in [3.63, 3.8) is 0 Å². The van der Waals surface area contributed by atoms with E-state index in [2.05, 4.69) is 35.0 Å². The lowest BCUT2D eigenvalue weighted by Crippen LogP contribution is -2.34. The molecular weight excluding hydrogens is 248 g/mol. The summed E-state index contributed by atoms with van der Waals surface area (Å²) in [6.45, 7) is 4.49. The van der Waals surface area contributed by atoms with Gasteiger partial charge in [-0.3, -0.25) is 0 Å². The Balaban J connectivity index is 1.73. The molecule has 2 fully saturated rings. The molecule has 2 heterocycles. The number of anilines is 1. The molecule has 1 aromatic heterocycles. The summed E-state index contributed by atoms with van der Waals surface area (Å²) >= 11 is 0. The molecule has 0 radical (unpaired) electrons. The van der Waals surface area contributed by atoms with Crippen LogP contribution in [0.4, 0.5) is 5.95 Å². The Hall–Kier alpha value is -1.03. The van der Waals surface area contributed by atoms with Gasteiger partial charge in [0, 0.05) is 24.8 Å². The fourth-order valence-electron chi connectivity index (χ4n) is 3.70. The van der Waals surface area contributed by atoms with Crippen molar-refractivity contribution >= 4 is 5.95 Å². The van der Waals surface area contributed by atoms with Crippen LogP contribution in [-0.4, -0.2) is 40.6 Å². The van der Waals surface area contributed by atoms with Crippen molar-refractivity contribution in [3.05, 3.63) is 11.9 Å². The Kier molecular flexibility index (Phi) is 4.29. The minimum atomic E-state index is 0.584. The van der Waals surface area contributed by atoms with E-state index in [1.807, 2.05) is 0 Å². The van der Waals surface area contributed by atoms with Crippen molar-refractivity contribution in [1.82, 2.24) is 14.5 Å². The Bertz CT molecular complexity index is 434. The molecule has 1 aliphatic heterocycles. The summed E-state index contributed by atoms with van der Waals surface area (Å²) in [7, 11) is 2.23. The highest BCUT2D eigenvalue weighted by atomic mass is 15.3. The monoisotopic (exact) mass is 276 g/mol. The first-order valence-corrected chi connectivity index (χ1v) is 8.23. The number of nitrogens with one attached hydrogen (secondary N) is 1. The fourth-order valence-corrected chi connectivity index (χ4v) is 3.70. The highest BCUT2D eigenvalue weighted by Gasteiger charge is 2.23. The maximum Gasteiger partial charge on any atom is 0.203 e. The second kappa shape index (κ2) is 6.17. The molecule has 1 aliphatic carbocycles. The first kappa shape index (κ1) is 13.9. The largest absolute Gasteiger partial charge is 0.353 e. The van der Waals surface area contributed by atoms with Crippen LogP contribution in [0.3, 0.4) is 0 Å². The van der Waals surface area contributed by atoms with Crippen LogP contribution in [0.25, 0.3) is 0 Å². The maximum absolute atomic E-state index is 4.74. The first-order chi connectivity index (χ1) is 9.72. The molecule has 0 spiro atoms. The van der Waals surface area contributed by atoms with E-state index >= 15 is 0 Å². The zero-order valence-electron chi connectivity index (χ0n) is 12.9. The summed E-state index contributed by atoms with van der Waals surface area (Å²) in [5.41, 5.74) is 1.14. The molecule has 1 saturated heterocycles. The van der Waals surface area contributed by atoms with Crippen molar-refractivity contribution in [2.45, 2.75) is 64.0 Å². The van der Waals surface area contributed by atoms with Gasteiger partial charge in [-0.1, -0.05) is 19.3 Å². The second-order valence-electron chi connectivity index (χ2n) is 6.65. The number of aromatic nitrogens is 2. The molecule has 1 N–H and O–H groups in total. The van der Waals surface area contributed by atoms with Crippen molar-refractivity contribution in [2.24, 2.45) is 0 Å². The predicted molar refractivity (Wildman–Crippen MR) is 83.2 cm³/mol. The third-order valence-corrected chi connectivity index (χ3v) is 4.78. The summed E-state index contributed by atoms with van der Waals surface area (Å²) in [4.78, 5) is 7.18. The average Bonchev–Trinajstić information content (AvgIpc) is 2.81.